The van der Waals surface area contributed by atoms with Crippen LogP contribution in [0, 0.1) is 6.92 Å². The fourth-order valence-electron chi connectivity index (χ4n) is 2.66. The van der Waals surface area contributed by atoms with Crippen LogP contribution in [0.25, 0.3) is 5.57 Å². The van der Waals surface area contributed by atoms with Gasteiger partial charge in [-0.15, -0.1) is 0 Å². The van der Waals surface area contributed by atoms with Crippen LogP contribution in [0.2, 0.25) is 0 Å². The highest BCUT2D eigenvalue weighted by Crippen LogP contribution is 2.23. The third-order valence-electron chi connectivity index (χ3n) is 4.25. The monoisotopic (exact) mass is 391 g/mol. The first kappa shape index (κ1) is 26.2. The molecular weight excluding hydrogens is 350 g/mol. The zero-order chi connectivity index (χ0) is 21.2. The lowest BCUT2D eigenvalue weighted by atomic mass is 9.96. The van der Waals surface area contributed by atoms with E-state index in [1.165, 1.54) is 11.1 Å². The molecule has 1 rings (SSSR count). The molecule has 4 nitrogen and oxygen atoms in total. The highest BCUT2D eigenvalue weighted by Gasteiger charge is 2.08. The van der Waals surface area contributed by atoms with Gasteiger partial charge in [0, 0.05) is 26.2 Å². The van der Waals surface area contributed by atoms with Crippen LogP contribution in [0.5, 0.6) is 0 Å². The third kappa shape index (κ3) is 11.8. The lowest BCUT2D eigenvalue weighted by Gasteiger charge is -2.11. The Morgan fingerprint density at radius 3 is 2.25 bits per heavy atom. The van der Waals surface area contributed by atoms with E-state index >= 15 is 0 Å². The summed E-state index contributed by atoms with van der Waals surface area (Å²) in [7, 11) is 1.64. The number of carbonyl (C=O) groups excluding carboxylic acids is 1. The third-order valence-corrected chi connectivity index (χ3v) is 4.25. The number of hydrogen-bond donors (Lipinski definition) is 1. The Hall–Kier alpha value is -1.81. The zero-order valence-corrected chi connectivity index (χ0v) is 18.9. The van der Waals surface area contributed by atoms with Crippen molar-refractivity contribution in [2.24, 2.45) is 0 Å². The minimum absolute atomic E-state index is 0.0988. The van der Waals surface area contributed by atoms with E-state index in [1.54, 1.807) is 13.4 Å². The number of ether oxygens (including phenoxy) is 2. The van der Waals surface area contributed by atoms with Gasteiger partial charge in [-0.2, -0.15) is 0 Å². The number of hydrogen-bond acceptors (Lipinski definition) is 3. The van der Waals surface area contributed by atoms with Crippen molar-refractivity contribution in [2.45, 2.75) is 73.1 Å². The van der Waals surface area contributed by atoms with Gasteiger partial charge in [0.15, 0.2) is 0 Å². The summed E-state index contributed by atoms with van der Waals surface area (Å²) in [6, 6.07) is 6.43. The quantitative estimate of drug-likeness (QED) is 0.369. The summed E-state index contributed by atoms with van der Waals surface area (Å²) >= 11 is 0. The molecule has 0 saturated heterocycles. The summed E-state index contributed by atoms with van der Waals surface area (Å²) in [5.74, 6) is 0.0988. The first-order valence-corrected chi connectivity index (χ1v) is 10.7. The van der Waals surface area contributed by atoms with Gasteiger partial charge < -0.3 is 14.8 Å². The maximum atomic E-state index is 11.7. The van der Waals surface area contributed by atoms with Gasteiger partial charge in [0.25, 0.3) is 0 Å². The normalized spacial score (nSPS) is 10.9. The predicted molar refractivity (Wildman–Crippen MR) is 119 cm³/mol. The van der Waals surface area contributed by atoms with Crippen LogP contribution in [-0.2, 0) is 20.7 Å². The number of methoxy groups -OCH3 is 1. The van der Waals surface area contributed by atoms with Gasteiger partial charge in [-0.05, 0) is 61.3 Å². The van der Waals surface area contributed by atoms with Gasteiger partial charge in [-0.1, -0.05) is 45.9 Å². The second-order valence-electron chi connectivity index (χ2n) is 6.84. The Bertz CT molecular complexity index is 563. The van der Waals surface area contributed by atoms with Gasteiger partial charge >= 0.3 is 0 Å². The summed E-state index contributed by atoms with van der Waals surface area (Å²) in [5.41, 5.74) is 4.85. The molecule has 0 aliphatic rings. The Labute approximate surface area is 172 Å². The van der Waals surface area contributed by atoms with Crippen LogP contribution in [-0.4, -0.2) is 32.8 Å². The molecule has 160 valence electrons. The van der Waals surface area contributed by atoms with Crippen LogP contribution in [0.1, 0.15) is 76.5 Å². The van der Waals surface area contributed by atoms with Crippen molar-refractivity contribution in [1.29, 1.82) is 0 Å². The van der Waals surface area contributed by atoms with Crippen molar-refractivity contribution in [3.8, 4) is 0 Å². The van der Waals surface area contributed by atoms with Crippen molar-refractivity contribution in [3.05, 3.63) is 41.2 Å². The number of allylic oxidation sites excluding steroid dienone is 1. The van der Waals surface area contributed by atoms with Crippen molar-refractivity contribution < 1.29 is 14.3 Å². The average Bonchev–Trinajstić information content (AvgIpc) is 2.71. The van der Waals surface area contributed by atoms with Crippen molar-refractivity contribution >= 4 is 11.5 Å². The van der Waals surface area contributed by atoms with E-state index in [0.717, 1.165) is 56.6 Å². The summed E-state index contributed by atoms with van der Waals surface area (Å²) in [4.78, 5) is 11.7. The molecule has 0 atom stereocenters. The number of aryl methyl sites for hydroxylation is 2. The molecular formula is C24H41NO3. The number of nitrogens with one attached hydrogen (secondary N) is 1. The Balaban J connectivity index is 0.000000887. The summed E-state index contributed by atoms with van der Waals surface area (Å²) in [6.07, 6.45) is 7.18. The molecule has 0 saturated carbocycles. The Morgan fingerprint density at radius 1 is 1.04 bits per heavy atom. The maximum Gasteiger partial charge on any atom is 0.220 e. The van der Waals surface area contributed by atoms with E-state index in [0.29, 0.717) is 12.8 Å². The van der Waals surface area contributed by atoms with Gasteiger partial charge in [-0.3, -0.25) is 4.79 Å². The number of rotatable bonds is 12. The zero-order valence-electron chi connectivity index (χ0n) is 18.9. The Morgan fingerprint density at radius 2 is 1.71 bits per heavy atom. The number of carbonyl (C=O) groups is 1. The molecule has 0 aliphatic heterocycles. The molecule has 0 aliphatic carbocycles. The van der Waals surface area contributed by atoms with Gasteiger partial charge in [0.1, 0.15) is 0 Å². The van der Waals surface area contributed by atoms with Crippen molar-refractivity contribution in [1.82, 2.24) is 5.32 Å². The summed E-state index contributed by atoms with van der Waals surface area (Å²) in [6.45, 7) is 13.2. The topological polar surface area (TPSA) is 47.6 Å². The van der Waals surface area contributed by atoms with Crippen LogP contribution in [0.15, 0.2) is 24.5 Å². The van der Waals surface area contributed by atoms with Crippen molar-refractivity contribution in [2.75, 3.05) is 26.9 Å². The molecule has 0 aromatic heterocycles. The maximum absolute atomic E-state index is 11.7. The summed E-state index contributed by atoms with van der Waals surface area (Å²) in [5, 5.41) is 2.91. The standard InChI is InChI=1S/C18H27NO2.C6H14O/c1-5-11-19-18(20)10-9-17(13-21-4)16-8-7-14(3)15(6-2)12-16;1-3-5-7-6-4-2/h7-8,12-13H,5-6,9-11H2,1-4H3,(H,19,20);3-6H2,1-2H3/b17-13+;. The largest absolute Gasteiger partial charge is 0.504 e. The SMILES string of the molecule is CCCNC(=O)CC/C(=C\OC)c1ccc(C)c(CC)c1.CCCOCCC. The molecule has 0 bridgehead atoms. The van der Waals surface area contributed by atoms with Gasteiger partial charge in [0.05, 0.1) is 13.4 Å². The average molecular weight is 392 g/mol. The highest BCUT2D eigenvalue weighted by molar-refractivity contribution is 5.78. The summed E-state index contributed by atoms with van der Waals surface area (Å²) < 4.78 is 10.3. The Kier molecular flexibility index (Phi) is 16.2. The second kappa shape index (κ2) is 17.3. The minimum Gasteiger partial charge on any atom is -0.504 e. The van der Waals surface area contributed by atoms with E-state index in [9.17, 15) is 4.79 Å². The van der Waals surface area contributed by atoms with Crippen LogP contribution in [0.3, 0.4) is 0 Å². The second-order valence-corrected chi connectivity index (χ2v) is 6.84. The van der Waals surface area contributed by atoms with Crippen LogP contribution in [0.4, 0.5) is 0 Å². The van der Waals surface area contributed by atoms with E-state index in [4.69, 9.17) is 9.47 Å². The van der Waals surface area contributed by atoms with E-state index in [2.05, 4.69) is 58.1 Å². The predicted octanol–water partition coefficient (Wildman–Crippen LogP) is 5.67. The van der Waals surface area contributed by atoms with E-state index < -0.39 is 0 Å². The van der Waals surface area contributed by atoms with E-state index in [-0.39, 0.29) is 5.91 Å². The first-order valence-electron chi connectivity index (χ1n) is 10.7. The molecule has 1 amide bonds. The van der Waals surface area contributed by atoms with E-state index in [1.807, 2.05) is 0 Å². The fourth-order valence-corrected chi connectivity index (χ4v) is 2.66. The highest BCUT2D eigenvalue weighted by atomic mass is 16.5. The molecule has 0 heterocycles. The lowest BCUT2D eigenvalue weighted by molar-refractivity contribution is -0.120. The first-order chi connectivity index (χ1) is 13.5. The van der Waals surface area contributed by atoms with Crippen LogP contribution >= 0.6 is 0 Å². The molecule has 4 heteroatoms. The van der Waals surface area contributed by atoms with Gasteiger partial charge in [-0.25, -0.2) is 0 Å². The molecule has 1 aromatic rings. The van der Waals surface area contributed by atoms with Gasteiger partial charge in [0.2, 0.25) is 5.91 Å². The molecule has 28 heavy (non-hydrogen) atoms. The van der Waals surface area contributed by atoms with Crippen molar-refractivity contribution in [3.63, 3.8) is 0 Å². The molecule has 0 fully saturated rings. The lowest BCUT2D eigenvalue weighted by Crippen LogP contribution is -2.23. The molecule has 1 N–H and O–H groups in total. The number of amides is 1. The number of benzene rings is 1. The van der Waals surface area contributed by atoms with Crippen LogP contribution < -0.4 is 5.32 Å². The molecule has 1 aromatic carbocycles. The minimum atomic E-state index is 0.0988. The molecule has 0 unspecified atom stereocenters. The smallest absolute Gasteiger partial charge is 0.220 e. The fraction of sp³-hybridized carbons (Fsp3) is 0.625. The molecule has 0 spiro atoms. The molecule has 0 radical (unpaired) electrons.